The van der Waals surface area contributed by atoms with Crippen LogP contribution < -0.4 is 5.32 Å². The molecule has 0 atom stereocenters. The zero-order valence-corrected chi connectivity index (χ0v) is 14.8. The van der Waals surface area contributed by atoms with Crippen molar-refractivity contribution >= 4 is 11.6 Å². The van der Waals surface area contributed by atoms with Crippen LogP contribution in [0.5, 0.6) is 0 Å². The number of likely N-dealkylation sites (N-methyl/N-ethyl adjacent to an activating group) is 1. The summed E-state index contributed by atoms with van der Waals surface area (Å²) in [5.74, 6) is -0.0772. The third-order valence-corrected chi connectivity index (χ3v) is 5.41. The van der Waals surface area contributed by atoms with Crippen molar-refractivity contribution in [3.8, 4) is 0 Å². The van der Waals surface area contributed by atoms with Gasteiger partial charge in [-0.1, -0.05) is 31.4 Å². The predicted molar refractivity (Wildman–Crippen MR) is 97.1 cm³/mol. The van der Waals surface area contributed by atoms with Gasteiger partial charge in [0.25, 0.3) is 0 Å². The number of benzene rings is 1. The molecule has 2 aliphatic rings. The lowest BCUT2D eigenvalue weighted by Crippen LogP contribution is -2.35. The van der Waals surface area contributed by atoms with E-state index in [2.05, 4.69) is 29.4 Å². The van der Waals surface area contributed by atoms with Crippen molar-refractivity contribution < 1.29 is 9.90 Å². The van der Waals surface area contributed by atoms with Gasteiger partial charge in [-0.25, -0.2) is 0 Å². The van der Waals surface area contributed by atoms with Crippen molar-refractivity contribution in [3.05, 3.63) is 29.8 Å². The van der Waals surface area contributed by atoms with Crippen LogP contribution in [0, 0.1) is 0 Å². The van der Waals surface area contributed by atoms with E-state index in [1.54, 1.807) is 0 Å². The summed E-state index contributed by atoms with van der Waals surface area (Å²) in [5, 5.41) is 13.5. The molecule has 1 amide bonds. The minimum atomic E-state index is -0.799. The standard InChI is InChI=1S/C20H30N2O2/c1-22(18-8-9-18)13-10-16-6-5-7-17(14-16)21-19(23)15-20(24)11-3-2-4-12-20/h5-7,14,18,24H,2-4,8-13,15H2,1H3,(H,21,23). The van der Waals surface area contributed by atoms with Gasteiger partial charge >= 0.3 is 0 Å². The molecule has 0 aromatic heterocycles. The second-order valence-corrected chi connectivity index (χ2v) is 7.67. The number of rotatable bonds is 7. The van der Waals surface area contributed by atoms with Crippen molar-refractivity contribution in [2.24, 2.45) is 0 Å². The molecule has 4 nitrogen and oxygen atoms in total. The van der Waals surface area contributed by atoms with Gasteiger partial charge in [-0.2, -0.15) is 0 Å². The van der Waals surface area contributed by atoms with E-state index in [1.165, 1.54) is 24.8 Å². The lowest BCUT2D eigenvalue weighted by molar-refractivity contribution is -0.122. The van der Waals surface area contributed by atoms with Crippen LogP contribution >= 0.6 is 0 Å². The van der Waals surface area contributed by atoms with Gasteiger partial charge < -0.3 is 15.3 Å². The summed E-state index contributed by atoms with van der Waals surface area (Å²) < 4.78 is 0. The molecule has 4 heteroatoms. The first-order valence-corrected chi connectivity index (χ1v) is 9.36. The van der Waals surface area contributed by atoms with E-state index in [1.807, 2.05) is 12.1 Å². The molecule has 0 radical (unpaired) electrons. The molecule has 2 N–H and O–H groups in total. The Bertz CT molecular complexity index is 563. The number of anilines is 1. The number of hydrogen-bond donors (Lipinski definition) is 2. The van der Waals surface area contributed by atoms with Crippen molar-refractivity contribution in [2.75, 3.05) is 18.9 Å². The SMILES string of the molecule is CN(CCc1cccc(NC(=O)CC2(O)CCCCC2)c1)C1CC1. The average Bonchev–Trinajstić information content (AvgIpc) is 3.38. The molecule has 0 saturated heterocycles. The second kappa shape index (κ2) is 7.66. The quantitative estimate of drug-likeness (QED) is 0.806. The third kappa shape index (κ3) is 5.05. The van der Waals surface area contributed by atoms with Gasteiger partial charge in [-0.3, -0.25) is 4.79 Å². The molecule has 0 bridgehead atoms. The molecule has 1 aromatic carbocycles. The molecule has 3 rings (SSSR count). The van der Waals surface area contributed by atoms with E-state index < -0.39 is 5.60 Å². The molecular weight excluding hydrogens is 300 g/mol. The third-order valence-electron chi connectivity index (χ3n) is 5.41. The number of carbonyl (C=O) groups excluding carboxylic acids is 1. The monoisotopic (exact) mass is 330 g/mol. The van der Waals surface area contributed by atoms with Crippen molar-refractivity contribution in [1.82, 2.24) is 4.90 Å². The van der Waals surface area contributed by atoms with Gasteiger partial charge in [-0.05, 0) is 56.8 Å². The molecule has 24 heavy (non-hydrogen) atoms. The minimum Gasteiger partial charge on any atom is -0.389 e. The van der Waals surface area contributed by atoms with Gasteiger partial charge in [0, 0.05) is 18.3 Å². The molecule has 0 aliphatic heterocycles. The Labute approximate surface area is 145 Å². The number of aliphatic hydroxyl groups is 1. The van der Waals surface area contributed by atoms with Crippen molar-refractivity contribution in [1.29, 1.82) is 0 Å². The van der Waals surface area contributed by atoms with E-state index >= 15 is 0 Å². The van der Waals surface area contributed by atoms with E-state index in [4.69, 9.17) is 0 Å². The molecule has 0 spiro atoms. The van der Waals surface area contributed by atoms with Crippen LogP contribution in [0.15, 0.2) is 24.3 Å². The van der Waals surface area contributed by atoms with E-state index in [0.717, 1.165) is 50.4 Å². The maximum Gasteiger partial charge on any atom is 0.227 e. The largest absolute Gasteiger partial charge is 0.389 e. The van der Waals surface area contributed by atoms with E-state index in [0.29, 0.717) is 0 Å². The molecule has 0 heterocycles. The molecule has 2 saturated carbocycles. The highest BCUT2D eigenvalue weighted by molar-refractivity contribution is 5.91. The highest BCUT2D eigenvalue weighted by atomic mass is 16.3. The summed E-state index contributed by atoms with van der Waals surface area (Å²) >= 11 is 0. The highest BCUT2D eigenvalue weighted by Crippen LogP contribution is 2.31. The highest BCUT2D eigenvalue weighted by Gasteiger charge is 2.31. The fourth-order valence-electron chi connectivity index (χ4n) is 3.70. The number of nitrogens with zero attached hydrogens (tertiary/aromatic N) is 1. The van der Waals surface area contributed by atoms with Crippen LogP contribution in [-0.2, 0) is 11.2 Å². The molecule has 2 fully saturated rings. The molecular formula is C20H30N2O2. The lowest BCUT2D eigenvalue weighted by atomic mass is 9.82. The van der Waals surface area contributed by atoms with Gasteiger partial charge in [0.15, 0.2) is 0 Å². The summed E-state index contributed by atoms with van der Waals surface area (Å²) in [6.07, 6.45) is 8.57. The Kier molecular flexibility index (Phi) is 5.57. The maximum absolute atomic E-state index is 12.3. The zero-order valence-electron chi connectivity index (χ0n) is 14.8. The summed E-state index contributed by atoms with van der Waals surface area (Å²) in [6, 6.07) is 8.88. The maximum atomic E-state index is 12.3. The van der Waals surface area contributed by atoms with Gasteiger partial charge in [-0.15, -0.1) is 0 Å². The van der Waals surface area contributed by atoms with Crippen LogP contribution in [0.3, 0.4) is 0 Å². The second-order valence-electron chi connectivity index (χ2n) is 7.67. The van der Waals surface area contributed by atoms with Gasteiger partial charge in [0.2, 0.25) is 5.91 Å². The Morgan fingerprint density at radius 2 is 2.04 bits per heavy atom. The van der Waals surface area contributed by atoms with E-state index in [-0.39, 0.29) is 12.3 Å². The van der Waals surface area contributed by atoms with Crippen LogP contribution in [0.4, 0.5) is 5.69 Å². The summed E-state index contributed by atoms with van der Waals surface area (Å²) in [7, 11) is 2.19. The summed E-state index contributed by atoms with van der Waals surface area (Å²) in [6.45, 7) is 1.06. The Hall–Kier alpha value is -1.39. The Morgan fingerprint density at radius 1 is 1.29 bits per heavy atom. The smallest absolute Gasteiger partial charge is 0.227 e. The predicted octanol–water partition coefficient (Wildman–Crippen LogP) is 3.35. The molecule has 2 aliphatic carbocycles. The first-order chi connectivity index (χ1) is 11.5. The first-order valence-electron chi connectivity index (χ1n) is 9.36. The number of amides is 1. The Morgan fingerprint density at radius 3 is 2.75 bits per heavy atom. The van der Waals surface area contributed by atoms with E-state index in [9.17, 15) is 9.90 Å². The number of carbonyl (C=O) groups is 1. The molecule has 132 valence electrons. The van der Waals surface area contributed by atoms with Gasteiger partial charge in [0.05, 0.1) is 12.0 Å². The normalized spacial score (nSPS) is 20.1. The lowest BCUT2D eigenvalue weighted by Gasteiger charge is -2.31. The fourth-order valence-corrected chi connectivity index (χ4v) is 3.70. The topological polar surface area (TPSA) is 52.6 Å². The fraction of sp³-hybridized carbons (Fsp3) is 0.650. The van der Waals surface area contributed by atoms with Crippen molar-refractivity contribution in [2.45, 2.75) is 69.4 Å². The summed E-state index contributed by atoms with van der Waals surface area (Å²) in [4.78, 5) is 14.7. The average molecular weight is 330 g/mol. The first kappa shape index (κ1) is 17.4. The van der Waals surface area contributed by atoms with Gasteiger partial charge in [0.1, 0.15) is 0 Å². The van der Waals surface area contributed by atoms with Crippen LogP contribution in [0.1, 0.15) is 56.9 Å². The summed E-state index contributed by atoms with van der Waals surface area (Å²) in [5.41, 5.74) is 1.29. The molecule has 0 unspecified atom stereocenters. The number of nitrogens with one attached hydrogen (secondary N) is 1. The minimum absolute atomic E-state index is 0.0772. The van der Waals surface area contributed by atoms with Crippen molar-refractivity contribution in [3.63, 3.8) is 0 Å². The number of hydrogen-bond acceptors (Lipinski definition) is 3. The molecule has 1 aromatic rings. The van der Waals surface area contributed by atoms with Crippen LogP contribution in [0.25, 0.3) is 0 Å². The Balaban J connectivity index is 1.50. The van der Waals surface area contributed by atoms with Crippen LogP contribution in [0.2, 0.25) is 0 Å². The zero-order chi connectivity index (χ0) is 17.0. The van der Waals surface area contributed by atoms with Crippen LogP contribution in [-0.4, -0.2) is 41.1 Å².